The van der Waals surface area contributed by atoms with Crippen LogP contribution in [0.1, 0.15) is 12.5 Å². The van der Waals surface area contributed by atoms with Crippen LogP contribution in [0.3, 0.4) is 0 Å². The number of aromatic nitrogens is 8. The molecule has 236 valence electrons. The molecule has 3 saturated heterocycles. The Morgan fingerprint density at radius 2 is 1.34 bits per heavy atom. The van der Waals surface area contributed by atoms with Crippen molar-refractivity contribution >= 4 is 71.4 Å². The number of anilines is 2. The summed E-state index contributed by atoms with van der Waals surface area (Å²) in [5.41, 5.74) is 12.8. The third kappa shape index (κ3) is 5.28. The molecule has 44 heavy (non-hydrogen) atoms. The summed E-state index contributed by atoms with van der Waals surface area (Å²) in [5, 5.41) is 27.9. The SMILES string of the molecule is Nc1ncnc2c1ncn2[C@@H]1O[C@@H]2COP([O-])(=S)NC3[C@@H](COP(=O)([S-])N[C@@H]2C1O)O[C@@H](n1cnc2c(N)ncnc21)[C@H]3O. The third-order valence-electron chi connectivity index (χ3n) is 7.50. The maximum Gasteiger partial charge on any atom is 0.167 e. The molecule has 0 spiro atoms. The van der Waals surface area contributed by atoms with Gasteiger partial charge < -0.3 is 61.9 Å². The second kappa shape index (κ2) is 11.1. The van der Waals surface area contributed by atoms with Gasteiger partial charge in [-0.1, -0.05) is 11.8 Å². The van der Waals surface area contributed by atoms with Crippen LogP contribution >= 0.6 is 13.4 Å². The maximum atomic E-state index is 13.5. The minimum atomic E-state index is -4.11. The topological polar surface area (TPSA) is 281 Å². The normalized spacial score (nSPS) is 38.3. The highest BCUT2D eigenvalue weighted by Gasteiger charge is 2.49. The van der Waals surface area contributed by atoms with Crippen LogP contribution in [0, 0.1) is 0 Å². The van der Waals surface area contributed by atoms with Crippen molar-refractivity contribution in [2.45, 2.75) is 49.0 Å². The van der Waals surface area contributed by atoms with Crippen molar-refractivity contribution in [3.05, 3.63) is 25.3 Å². The van der Waals surface area contributed by atoms with E-state index >= 15 is 0 Å². The lowest BCUT2D eigenvalue weighted by Gasteiger charge is -2.38. The third-order valence-corrected chi connectivity index (χ3v) is 11.0. The largest absolute Gasteiger partial charge is 0.789 e. The number of rotatable bonds is 2. The number of ether oxygens (including phenoxy) is 2. The number of aliphatic hydroxyl groups excluding tert-OH is 2. The summed E-state index contributed by atoms with van der Waals surface area (Å²) in [5.74, 6) is 0.234. The van der Waals surface area contributed by atoms with E-state index < -0.39 is 75.5 Å². The van der Waals surface area contributed by atoms with Crippen molar-refractivity contribution in [1.29, 1.82) is 0 Å². The van der Waals surface area contributed by atoms with Crippen LogP contribution in [0.2, 0.25) is 0 Å². The van der Waals surface area contributed by atoms with E-state index in [2.05, 4.69) is 40.1 Å². The molecule has 0 saturated carbocycles. The summed E-state index contributed by atoms with van der Waals surface area (Å²) < 4.78 is 39.6. The highest BCUT2D eigenvalue weighted by atomic mass is 32.7. The molecule has 3 aliphatic heterocycles. The van der Waals surface area contributed by atoms with E-state index in [-0.39, 0.29) is 34.0 Å². The van der Waals surface area contributed by atoms with Gasteiger partial charge in [0.15, 0.2) is 35.4 Å². The lowest BCUT2D eigenvalue weighted by atomic mass is 10.1. The average molecular weight is 687 g/mol. The maximum absolute atomic E-state index is 13.5. The van der Waals surface area contributed by atoms with Gasteiger partial charge in [-0.05, 0) is 0 Å². The van der Waals surface area contributed by atoms with Crippen molar-refractivity contribution in [3.8, 4) is 0 Å². The van der Waals surface area contributed by atoms with Gasteiger partial charge in [0.25, 0.3) is 0 Å². The Bertz CT molecular complexity index is 1700. The van der Waals surface area contributed by atoms with Crippen molar-refractivity contribution in [2.75, 3.05) is 24.7 Å². The van der Waals surface area contributed by atoms with Crippen LogP contribution in [0.25, 0.3) is 22.3 Å². The molecule has 7 rings (SSSR count). The van der Waals surface area contributed by atoms with Crippen molar-refractivity contribution in [1.82, 2.24) is 49.2 Å². The molecule has 8 N–H and O–H groups in total. The van der Waals surface area contributed by atoms with Crippen LogP contribution in [0.4, 0.5) is 11.6 Å². The number of aliphatic hydroxyl groups is 2. The van der Waals surface area contributed by atoms with Crippen molar-refractivity contribution in [3.63, 3.8) is 0 Å². The zero-order valence-corrected chi connectivity index (χ0v) is 25.6. The molecular weight excluding hydrogens is 662 g/mol. The zero-order chi connectivity index (χ0) is 31.0. The fourth-order valence-corrected chi connectivity index (χ4v) is 8.74. The van der Waals surface area contributed by atoms with Gasteiger partial charge in [-0.15, -0.1) is 0 Å². The molecule has 3 fully saturated rings. The molecule has 0 aromatic carbocycles. The second-order valence-electron chi connectivity index (χ2n) is 10.2. The smallest absolute Gasteiger partial charge is 0.167 e. The number of nitrogens with zero attached hydrogens (tertiary/aromatic N) is 8. The van der Waals surface area contributed by atoms with E-state index in [0.29, 0.717) is 0 Å². The molecule has 0 radical (unpaired) electrons. The Morgan fingerprint density at radius 3 is 1.86 bits per heavy atom. The quantitative estimate of drug-likeness (QED) is 0.0942. The van der Waals surface area contributed by atoms with Gasteiger partial charge in [0, 0.05) is 0 Å². The van der Waals surface area contributed by atoms with Gasteiger partial charge in [0.1, 0.15) is 54.8 Å². The van der Waals surface area contributed by atoms with Crippen LogP contribution in [-0.4, -0.2) is 99.0 Å². The van der Waals surface area contributed by atoms with Crippen molar-refractivity contribution < 1.29 is 38.2 Å². The van der Waals surface area contributed by atoms with Crippen molar-refractivity contribution in [2.24, 2.45) is 0 Å². The number of fused-ring (bicyclic) bond motifs is 4. The molecule has 4 aromatic rings. The number of nitrogen functional groups attached to an aromatic ring is 2. The predicted octanol–water partition coefficient (Wildman–Crippen LogP) is -2.45. The van der Waals surface area contributed by atoms with Gasteiger partial charge in [-0.25, -0.2) is 29.9 Å². The highest BCUT2D eigenvalue weighted by molar-refractivity contribution is 8.33. The summed E-state index contributed by atoms with van der Waals surface area (Å²) in [6.07, 6.45) is -2.08. The Balaban J connectivity index is 1.17. The molecule has 10 atom stereocenters. The van der Waals surface area contributed by atoms with Crippen LogP contribution in [0.15, 0.2) is 25.3 Å². The molecule has 3 aliphatic rings. The fourth-order valence-electron chi connectivity index (χ4n) is 5.44. The predicted molar refractivity (Wildman–Crippen MR) is 154 cm³/mol. The standard InChI is InChI=1S/C20H26N12O8P2S2/c21-15-11-17(25-3-23-15)31(5-27-11)19-13(33)9-7(39-19)1-37-41(35,43)30-10-8(2-38-42(36,44)29-9)40-20(14(10)34)32-6-28-12-16(22)24-4-26-18(12)32/h3-10,13-14,19-20,33-34H,1-2H2,(H2,21,23,25)(H2,22,24,26)(H2,29,36,44)(H2,30,35,43)/p-2/t7-,8-,9+,10?,13?,14+,19-,20-,41?,42?/m1/s1. The molecule has 4 unspecified atom stereocenters. The lowest BCUT2D eigenvalue weighted by Crippen LogP contribution is -2.49. The number of nitrogens with two attached hydrogens (primary N) is 2. The van der Waals surface area contributed by atoms with E-state index in [0.717, 1.165) is 0 Å². The summed E-state index contributed by atoms with van der Waals surface area (Å²) in [6.45, 7) is -9.10. The van der Waals surface area contributed by atoms with Gasteiger partial charge in [-0.3, -0.25) is 19.3 Å². The Kier molecular flexibility index (Phi) is 7.64. The summed E-state index contributed by atoms with van der Waals surface area (Å²) in [4.78, 5) is 38.0. The molecule has 0 aliphatic carbocycles. The average Bonchev–Trinajstić information content (AvgIpc) is 3.73. The fraction of sp³-hybridized carbons (Fsp3) is 0.500. The molecular formula is C20H24N12O8P2S2-2. The van der Waals surface area contributed by atoms with Gasteiger partial charge in [-0.2, -0.15) is 0 Å². The first-order valence-electron chi connectivity index (χ1n) is 12.9. The van der Waals surface area contributed by atoms with Gasteiger partial charge in [0.2, 0.25) is 0 Å². The number of hydrogen-bond donors (Lipinski definition) is 6. The van der Waals surface area contributed by atoms with E-state index in [1.54, 1.807) is 0 Å². The van der Waals surface area contributed by atoms with Crippen LogP contribution < -0.4 is 26.5 Å². The van der Waals surface area contributed by atoms with Crippen LogP contribution in [0.5, 0.6) is 0 Å². The lowest BCUT2D eigenvalue weighted by molar-refractivity contribution is -0.190. The van der Waals surface area contributed by atoms with E-state index in [1.807, 2.05) is 0 Å². The summed E-state index contributed by atoms with van der Waals surface area (Å²) >= 11 is 10.5. The Hall–Kier alpha value is -2.43. The molecule has 4 aromatic heterocycles. The first-order valence-corrected chi connectivity index (χ1v) is 18.2. The number of hydrogen-bond acceptors (Lipinski definition) is 18. The van der Waals surface area contributed by atoms with E-state index in [4.69, 9.17) is 54.0 Å². The molecule has 0 bridgehead atoms. The first kappa shape index (κ1) is 30.2. The monoisotopic (exact) mass is 686 g/mol. The molecule has 0 amide bonds. The van der Waals surface area contributed by atoms with Crippen LogP contribution in [-0.2, 0) is 47.1 Å². The minimum Gasteiger partial charge on any atom is -0.789 e. The minimum absolute atomic E-state index is 0.117. The summed E-state index contributed by atoms with van der Waals surface area (Å²) in [6, 6.07) is -2.29. The molecule has 7 heterocycles. The summed E-state index contributed by atoms with van der Waals surface area (Å²) in [7, 11) is 0. The Labute approximate surface area is 257 Å². The molecule has 20 nitrogen and oxygen atoms in total. The molecule has 24 heteroatoms. The first-order chi connectivity index (χ1) is 20.9. The van der Waals surface area contributed by atoms with Gasteiger partial charge in [0.05, 0.1) is 44.6 Å². The zero-order valence-electron chi connectivity index (χ0n) is 22.1. The number of nitrogens with one attached hydrogen (secondary N) is 2. The van der Waals surface area contributed by atoms with Gasteiger partial charge >= 0.3 is 0 Å². The second-order valence-corrected chi connectivity index (χ2v) is 16.1. The highest BCUT2D eigenvalue weighted by Crippen LogP contribution is 2.47. The Morgan fingerprint density at radius 1 is 0.864 bits per heavy atom. The number of imidazole rings is 2. The van der Waals surface area contributed by atoms with E-state index in [1.165, 1.54) is 34.4 Å². The van der Waals surface area contributed by atoms with E-state index in [9.17, 15) is 19.7 Å².